The molecule has 76 valence electrons. The lowest BCUT2D eigenvalue weighted by Crippen LogP contribution is -1.92. The number of nitrogens with zero attached hydrogens (tertiary/aromatic N) is 3. The maximum atomic E-state index is 5.95. The van der Waals surface area contributed by atoms with E-state index < -0.39 is 0 Å². The first-order chi connectivity index (χ1) is 7.25. The number of hydrogen-bond donors (Lipinski definition) is 1. The van der Waals surface area contributed by atoms with Gasteiger partial charge in [0.05, 0.1) is 17.4 Å². The summed E-state index contributed by atoms with van der Waals surface area (Å²) in [6.45, 7) is 0. The second kappa shape index (κ2) is 4.46. The molecule has 0 amide bonds. The molecule has 15 heavy (non-hydrogen) atoms. The number of pyridine rings is 1. The van der Waals surface area contributed by atoms with Crippen molar-refractivity contribution in [1.29, 1.82) is 0 Å². The van der Waals surface area contributed by atoms with Gasteiger partial charge in [-0.15, -0.1) is 0 Å². The predicted molar refractivity (Wildman–Crippen MR) is 59.8 cm³/mol. The van der Waals surface area contributed by atoms with Gasteiger partial charge in [0.1, 0.15) is 15.9 Å². The number of aromatic nitrogens is 3. The highest BCUT2D eigenvalue weighted by Crippen LogP contribution is 2.29. The molecule has 0 unspecified atom stereocenters. The van der Waals surface area contributed by atoms with Gasteiger partial charge in [-0.3, -0.25) is 4.98 Å². The third-order valence-corrected chi connectivity index (χ3v) is 2.90. The number of rotatable bonds is 2. The number of anilines is 1. The summed E-state index contributed by atoms with van der Waals surface area (Å²) >= 11 is 7.28. The van der Waals surface area contributed by atoms with Gasteiger partial charge in [0, 0.05) is 6.20 Å². The van der Waals surface area contributed by atoms with Gasteiger partial charge in [0.25, 0.3) is 0 Å². The fraction of sp³-hybridized carbons (Fsp3) is 0. The number of nitrogens with two attached hydrogens (primary N) is 1. The van der Waals surface area contributed by atoms with E-state index in [0.717, 1.165) is 0 Å². The molecule has 0 atom stereocenters. The standard InChI is InChI=1S/C9H7ClN4S/c10-6-2-1-3-13-9(6)15-8-5-12-4-7(11)14-8/h1-5H,(H2,11,14). The van der Waals surface area contributed by atoms with E-state index in [-0.39, 0.29) is 0 Å². The zero-order chi connectivity index (χ0) is 10.7. The van der Waals surface area contributed by atoms with E-state index in [1.807, 2.05) is 0 Å². The molecule has 0 bridgehead atoms. The van der Waals surface area contributed by atoms with Gasteiger partial charge in [-0.05, 0) is 23.9 Å². The molecule has 0 fully saturated rings. The van der Waals surface area contributed by atoms with Crippen molar-refractivity contribution in [2.24, 2.45) is 0 Å². The molecule has 0 saturated heterocycles. The largest absolute Gasteiger partial charge is 0.382 e. The minimum Gasteiger partial charge on any atom is -0.382 e. The molecule has 0 aromatic carbocycles. The Hall–Kier alpha value is -1.33. The molecule has 2 aromatic rings. The molecule has 4 nitrogen and oxygen atoms in total. The molecular weight excluding hydrogens is 232 g/mol. The summed E-state index contributed by atoms with van der Waals surface area (Å²) < 4.78 is 0. The van der Waals surface area contributed by atoms with Gasteiger partial charge in [-0.25, -0.2) is 9.97 Å². The van der Waals surface area contributed by atoms with Crippen molar-refractivity contribution in [3.05, 3.63) is 35.7 Å². The van der Waals surface area contributed by atoms with Gasteiger partial charge in [0.2, 0.25) is 0 Å². The van der Waals surface area contributed by atoms with Crippen LogP contribution in [0.5, 0.6) is 0 Å². The molecule has 0 radical (unpaired) electrons. The molecule has 2 heterocycles. The van der Waals surface area contributed by atoms with Crippen LogP contribution in [0.3, 0.4) is 0 Å². The van der Waals surface area contributed by atoms with Gasteiger partial charge in [0.15, 0.2) is 0 Å². The molecule has 2 aromatic heterocycles. The van der Waals surface area contributed by atoms with Crippen molar-refractivity contribution >= 4 is 29.2 Å². The van der Waals surface area contributed by atoms with Gasteiger partial charge in [-0.1, -0.05) is 11.6 Å². The summed E-state index contributed by atoms with van der Waals surface area (Å²) in [5, 5.41) is 1.96. The second-order valence-electron chi connectivity index (χ2n) is 2.67. The summed E-state index contributed by atoms with van der Waals surface area (Å²) in [7, 11) is 0. The summed E-state index contributed by atoms with van der Waals surface area (Å²) in [5.74, 6) is 0.382. The van der Waals surface area contributed by atoms with Crippen molar-refractivity contribution in [3.8, 4) is 0 Å². The van der Waals surface area contributed by atoms with Crippen LogP contribution in [0.4, 0.5) is 5.82 Å². The SMILES string of the molecule is Nc1cncc(Sc2ncccc2Cl)n1. The van der Waals surface area contributed by atoms with Gasteiger partial charge < -0.3 is 5.73 Å². The fourth-order valence-electron chi connectivity index (χ4n) is 0.957. The van der Waals surface area contributed by atoms with Gasteiger partial charge >= 0.3 is 0 Å². The van der Waals surface area contributed by atoms with Crippen LogP contribution in [0.1, 0.15) is 0 Å². The molecule has 0 spiro atoms. The van der Waals surface area contributed by atoms with Crippen LogP contribution in [-0.4, -0.2) is 15.0 Å². The normalized spacial score (nSPS) is 10.2. The topological polar surface area (TPSA) is 64.7 Å². The van der Waals surface area contributed by atoms with Crippen LogP contribution in [0, 0.1) is 0 Å². The predicted octanol–water partition coefficient (Wildman–Crippen LogP) is 2.26. The summed E-state index contributed by atoms with van der Waals surface area (Å²) in [4.78, 5) is 12.1. The van der Waals surface area contributed by atoms with E-state index in [0.29, 0.717) is 20.9 Å². The summed E-state index contributed by atoms with van der Waals surface area (Å²) in [6, 6.07) is 3.55. The smallest absolute Gasteiger partial charge is 0.143 e. The second-order valence-corrected chi connectivity index (χ2v) is 4.09. The van der Waals surface area contributed by atoms with E-state index >= 15 is 0 Å². The van der Waals surface area contributed by atoms with Crippen LogP contribution in [0.2, 0.25) is 5.02 Å². The molecule has 2 rings (SSSR count). The molecule has 6 heteroatoms. The first-order valence-corrected chi connectivity index (χ1v) is 5.31. The van der Waals surface area contributed by atoms with E-state index in [4.69, 9.17) is 17.3 Å². The van der Waals surface area contributed by atoms with E-state index in [1.165, 1.54) is 18.0 Å². The Labute approximate surface area is 95.9 Å². The minimum atomic E-state index is 0.382. The Balaban J connectivity index is 2.26. The number of hydrogen-bond acceptors (Lipinski definition) is 5. The van der Waals surface area contributed by atoms with E-state index in [9.17, 15) is 0 Å². The van der Waals surface area contributed by atoms with Crippen LogP contribution in [-0.2, 0) is 0 Å². The van der Waals surface area contributed by atoms with E-state index in [2.05, 4.69) is 15.0 Å². The molecule has 0 saturated carbocycles. The Bertz CT molecular complexity index is 477. The van der Waals surface area contributed by atoms with Crippen LogP contribution in [0.25, 0.3) is 0 Å². The maximum absolute atomic E-state index is 5.95. The molecule has 0 aliphatic rings. The lowest BCUT2D eigenvalue weighted by Gasteiger charge is -2.01. The monoisotopic (exact) mass is 238 g/mol. The van der Waals surface area contributed by atoms with Crippen molar-refractivity contribution in [3.63, 3.8) is 0 Å². The molecular formula is C9H7ClN4S. The highest BCUT2D eigenvalue weighted by molar-refractivity contribution is 7.99. The Morgan fingerprint density at radius 2 is 2.20 bits per heavy atom. The first-order valence-electron chi connectivity index (χ1n) is 4.11. The van der Waals surface area contributed by atoms with E-state index in [1.54, 1.807) is 24.5 Å². The Morgan fingerprint density at radius 3 is 2.93 bits per heavy atom. The fourth-order valence-corrected chi connectivity index (χ4v) is 1.94. The summed E-state index contributed by atoms with van der Waals surface area (Å²) in [5.41, 5.74) is 5.51. The summed E-state index contributed by atoms with van der Waals surface area (Å²) in [6.07, 6.45) is 4.78. The van der Waals surface area contributed by atoms with Crippen LogP contribution < -0.4 is 5.73 Å². The highest BCUT2D eigenvalue weighted by atomic mass is 35.5. The third-order valence-electron chi connectivity index (χ3n) is 1.56. The zero-order valence-electron chi connectivity index (χ0n) is 7.59. The average Bonchev–Trinajstić information content (AvgIpc) is 2.22. The van der Waals surface area contributed by atoms with Crippen molar-refractivity contribution in [1.82, 2.24) is 15.0 Å². The van der Waals surface area contributed by atoms with Crippen LogP contribution >= 0.6 is 23.4 Å². The Kier molecular flexibility index (Phi) is 3.03. The molecule has 0 aliphatic heterocycles. The molecule has 0 aliphatic carbocycles. The molecule has 2 N–H and O–H groups in total. The Morgan fingerprint density at radius 1 is 1.33 bits per heavy atom. The lowest BCUT2D eigenvalue weighted by atomic mass is 10.5. The zero-order valence-corrected chi connectivity index (χ0v) is 9.16. The highest BCUT2D eigenvalue weighted by Gasteiger charge is 2.04. The van der Waals surface area contributed by atoms with Crippen molar-refractivity contribution in [2.45, 2.75) is 10.1 Å². The maximum Gasteiger partial charge on any atom is 0.143 e. The average molecular weight is 239 g/mol. The van der Waals surface area contributed by atoms with Crippen molar-refractivity contribution in [2.75, 3.05) is 5.73 Å². The quantitative estimate of drug-likeness (QED) is 0.870. The first kappa shape index (κ1) is 10.2. The van der Waals surface area contributed by atoms with Gasteiger partial charge in [-0.2, -0.15) is 0 Å². The number of halogens is 1. The third kappa shape index (κ3) is 2.57. The number of nitrogen functional groups attached to an aromatic ring is 1. The van der Waals surface area contributed by atoms with Crippen LogP contribution in [0.15, 0.2) is 40.8 Å². The van der Waals surface area contributed by atoms with Crippen molar-refractivity contribution < 1.29 is 0 Å². The lowest BCUT2D eigenvalue weighted by molar-refractivity contribution is 1.05. The minimum absolute atomic E-state index is 0.382.